The Labute approximate surface area is 247 Å². The Morgan fingerprint density at radius 1 is 1.00 bits per heavy atom. The zero-order valence-corrected chi connectivity index (χ0v) is 25.0. The fourth-order valence-corrected chi connectivity index (χ4v) is 5.55. The van der Waals surface area contributed by atoms with Crippen LogP contribution in [0.15, 0.2) is 57.8 Å². The van der Waals surface area contributed by atoms with Crippen molar-refractivity contribution in [1.29, 1.82) is 0 Å². The molecule has 6 rings (SSSR count). The van der Waals surface area contributed by atoms with Gasteiger partial charge in [-0.1, -0.05) is 67.0 Å². The zero-order valence-electron chi connectivity index (χ0n) is 25.0. The summed E-state index contributed by atoms with van der Waals surface area (Å²) >= 11 is 0. The highest BCUT2D eigenvalue weighted by Gasteiger charge is 2.27. The molecule has 3 heterocycles. The minimum atomic E-state index is -0.560. The first kappa shape index (κ1) is 29.4. The average Bonchev–Trinajstić information content (AvgIpc) is 3.42. The Bertz CT molecular complexity index is 1550. The molecule has 0 atom stereocenters. The fourth-order valence-electron chi connectivity index (χ4n) is 5.55. The molecule has 1 saturated heterocycles. The molecule has 220 valence electrons. The van der Waals surface area contributed by atoms with Gasteiger partial charge in [0, 0.05) is 42.9 Å². The number of benzene rings is 2. The quantitative estimate of drug-likeness (QED) is 0.249. The SMILES string of the molecule is CCCCc1nc(C)nc(C)c1Cc1ccc(-c2ccccc2-c2noc(=O)[nH]2)cc1.O=C(CC1CC1)N1CCCC1. The third-order valence-electron chi connectivity index (χ3n) is 8.07. The molecule has 0 unspecified atom stereocenters. The van der Waals surface area contributed by atoms with E-state index in [-0.39, 0.29) is 0 Å². The Hall–Kier alpha value is -4.07. The van der Waals surface area contributed by atoms with E-state index >= 15 is 0 Å². The van der Waals surface area contributed by atoms with Gasteiger partial charge < -0.3 is 4.90 Å². The second-order valence-corrected chi connectivity index (χ2v) is 11.5. The number of likely N-dealkylation sites (tertiary alicyclic amines) is 1. The van der Waals surface area contributed by atoms with Crippen molar-refractivity contribution >= 4 is 5.91 Å². The van der Waals surface area contributed by atoms with Crippen LogP contribution >= 0.6 is 0 Å². The number of unbranched alkanes of at least 4 members (excludes halogenated alkanes) is 1. The van der Waals surface area contributed by atoms with Gasteiger partial charge in [0.05, 0.1) is 0 Å². The monoisotopic (exact) mass is 567 g/mol. The van der Waals surface area contributed by atoms with Crippen molar-refractivity contribution in [3.8, 4) is 22.5 Å². The van der Waals surface area contributed by atoms with Crippen molar-refractivity contribution in [2.75, 3.05) is 13.1 Å². The number of aromatic amines is 1. The van der Waals surface area contributed by atoms with E-state index in [1.165, 1.54) is 36.8 Å². The maximum atomic E-state index is 11.4. The molecule has 8 heteroatoms. The lowest BCUT2D eigenvalue weighted by Crippen LogP contribution is -2.27. The van der Waals surface area contributed by atoms with Gasteiger partial charge in [0.1, 0.15) is 5.82 Å². The summed E-state index contributed by atoms with van der Waals surface area (Å²) in [4.78, 5) is 36.8. The molecule has 4 aromatic rings. The topological polar surface area (TPSA) is 105 Å². The van der Waals surface area contributed by atoms with E-state index in [9.17, 15) is 9.59 Å². The molecule has 0 spiro atoms. The van der Waals surface area contributed by atoms with Crippen LogP contribution in [0.25, 0.3) is 22.5 Å². The van der Waals surface area contributed by atoms with E-state index in [1.54, 1.807) is 0 Å². The molecular formula is C34H41N5O3. The predicted molar refractivity (Wildman–Crippen MR) is 164 cm³/mol. The molecule has 2 aromatic heterocycles. The molecule has 1 aliphatic carbocycles. The Morgan fingerprint density at radius 3 is 2.36 bits per heavy atom. The van der Waals surface area contributed by atoms with Crippen LogP contribution in [0.5, 0.6) is 0 Å². The van der Waals surface area contributed by atoms with Crippen LogP contribution < -0.4 is 5.76 Å². The van der Waals surface area contributed by atoms with Crippen molar-refractivity contribution in [1.82, 2.24) is 25.0 Å². The van der Waals surface area contributed by atoms with E-state index in [0.717, 1.165) is 85.0 Å². The second-order valence-electron chi connectivity index (χ2n) is 11.5. The van der Waals surface area contributed by atoms with Gasteiger partial charge in [-0.25, -0.2) is 14.8 Å². The minimum absolute atomic E-state index is 0.407. The summed E-state index contributed by atoms with van der Waals surface area (Å²) in [6.45, 7) is 8.27. The van der Waals surface area contributed by atoms with E-state index in [0.29, 0.717) is 11.7 Å². The highest BCUT2D eigenvalue weighted by atomic mass is 16.5. The lowest BCUT2D eigenvalue weighted by molar-refractivity contribution is -0.130. The molecule has 0 radical (unpaired) electrons. The smallest absolute Gasteiger partial charge is 0.343 e. The number of aromatic nitrogens is 4. The molecule has 1 amide bonds. The summed E-state index contributed by atoms with van der Waals surface area (Å²) in [5.74, 6) is 1.87. The average molecular weight is 568 g/mol. The number of nitrogens with one attached hydrogen (secondary N) is 1. The van der Waals surface area contributed by atoms with Gasteiger partial charge in [-0.2, -0.15) is 0 Å². The first-order chi connectivity index (χ1) is 20.4. The highest BCUT2D eigenvalue weighted by molar-refractivity contribution is 5.80. The molecule has 0 bridgehead atoms. The second kappa shape index (κ2) is 13.7. The van der Waals surface area contributed by atoms with E-state index in [2.05, 4.69) is 57.8 Å². The first-order valence-electron chi connectivity index (χ1n) is 15.3. The summed E-state index contributed by atoms with van der Waals surface area (Å²) < 4.78 is 4.68. The van der Waals surface area contributed by atoms with Crippen LogP contribution in [0.3, 0.4) is 0 Å². The molecule has 2 aromatic carbocycles. The van der Waals surface area contributed by atoms with Crippen molar-refractivity contribution in [2.24, 2.45) is 5.92 Å². The summed E-state index contributed by atoms with van der Waals surface area (Å²) in [6.07, 6.45) is 9.92. The van der Waals surface area contributed by atoms with Gasteiger partial charge in [-0.15, -0.1) is 0 Å². The normalized spacial score (nSPS) is 14.5. The molecule has 2 aliphatic rings. The van der Waals surface area contributed by atoms with Crippen LogP contribution in [-0.4, -0.2) is 44.0 Å². The number of amides is 1. The van der Waals surface area contributed by atoms with Crippen molar-refractivity contribution in [3.05, 3.63) is 87.4 Å². The molecule has 2 fully saturated rings. The minimum Gasteiger partial charge on any atom is -0.343 e. The summed E-state index contributed by atoms with van der Waals surface area (Å²) in [5, 5.41) is 3.84. The molecule has 1 N–H and O–H groups in total. The number of carbonyl (C=O) groups is 1. The predicted octanol–water partition coefficient (Wildman–Crippen LogP) is 6.45. The summed E-state index contributed by atoms with van der Waals surface area (Å²) in [6, 6.07) is 16.3. The van der Waals surface area contributed by atoms with Gasteiger partial charge in [-0.05, 0) is 80.5 Å². The Morgan fingerprint density at radius 2 is 1.71 bits per heavy atom. The lowest BCUT2D eigenvalue weighted by atomic mass is 9.95. The Kier molecular flexibility index (Phi) is 9.62. The molecule has 8 nitrogen and oxygen atoms in total. The summed E-state index contributed by atoms with van der Waals surface area (Å²) in [7, 11) is 0. The standard InChI is InChI=1S/C25H26N4O2.C9H15NO/c1-4-5-10-23-22(16(2)26-17(3)27-23)15-18-11-13-19(14-12-18)20-8-6-7-9-21(20)24-28-25(30)31-29-24;11-9(7-8-3-4-8)10-5-1-2-6-10/h6-9,11-14H,4-5,10,15H2,1-3H3,(H,28,29,30);8H,1-7H2. The number of aryl methyl sites for hydroxylation is 3. The molecule has 1 aliphatic heterocycles. The highest BCUT2D eigenvalue weighted by Crippen LogP contribution is 2.33. The molecule has 1 saturated carbocycles. The molecule has 42 heavy (non-hydrogen) atoms. The van der Waals surface area contributed by atoms with Crippen LogP contribution in [0.4, 0.5) is 0 Å². The lowest BCUT2D eigenvalue weighted by Gasteiger charge is -2.14. The van der Waals surface area contributed by atoms with E-state index in [1.807, 2.05) is 36.1 Å². The van der Waals surface area contributed by atoms with Crippen LogP contribution in [0.2, 0.25) is 0 Å². The van der Waals surface area contributed by atoms with E-state index < -0.39 is 5.76 Å². The maximum absolute atomic E-state index is 11.4. The number of hydrogen-bond donors (Lipinski definition) is 1. The number of H-pyrrole nitrogens is 1. The third kappa shape index (κ3) is 7.60. The Balaban J connectivity index is 0.000000267. The van der Waals surface area contributed by atoms with Crippen LogP contribution in [0.1, 0.15) is 80.2 Å². The van der Waals surface area contributed by atoms with Gasteiger partial charge in [0.15, 0.2) is 5.82 Å². The van der Waals surface area contributed by atoms with Crippen LogP contribution in [-0.2, 0) is 17.6 Å². The third-order valence-corrected chi connectivity index (χ3v) is 8.07. The van der Waals surface area contributed by atoms with Gasteiger partial charge in [-0.3, -0.25) is 14.3 Å². The van der Waals surface area contributed by atoms with Crippen molar-refractivity contribution in [2.45, 2.75) is 78.6 Å². The van der Waals surface area contributed by atoms with Gasteiger partial charge in [0.2, 0.25) is 5.91 Å². The molecular weight excluding hydrogens is 526 g/mol. The number of carbonyl (C=O) groups excluding carboxylic acids is 1. The largest absolute Gasteiger partial charge is 0.439 e. The van der Waals surface area contributed by atoms with Crippen molar-refractivity contribution in [3.63, 3.8) is 0 Å². The maximum Gasteiger partial charge on any atom is 0.439 e. The number of rotatable bonds is 9. The van der Waals surface area contributed by atoms with Crippen LogP contribution in [0, 0.1) is 19.8 Å². The van der Waals surface area contributed by atoms with Crippen molar-refractivity contribution < 1.29 is 9.32 Å². The fraction of sp³-hybridized carbons (Fsp3) is 0.441. The number of nitrogens with zero attached hydrogens (tertiary/aromatic N) is 4. The first-order valence-corrected chi connectivity index (χ1v) is 15.3. The zero-order chi connectivity index (χ0) is 29.5. The van der Waals surface area contributed by atoms with Gasteiger partial charge in [0.25, 0.3) is 0 Å². The van der Waals surface area contributed by atoms with Gasteiger partial charge >= 0.3 is 5.76 Å². The van der Waals surface area contributed by atoms with E-state index in [4.69, 9.17) is 4.98 Å². The summed E-state index contributed by atoms with van der Waals surface area (Å²) in [5.41, 5.74) is 7.52. The number of hydrogen-bond acceptors (Lipinski definition) is 6.